The zero-order valence-corrected chi connectivity index (χ0v) is 12.6. The molecule has 1 heterocycles. The zero-order chi connectivity index (χ0) is 15.8. The first kappa shape index (κ1) is 15.0. The Balaban J connectivity index is 2.48. The van der Waals surface area contributed by atoms with E-state index in [2.05, 4.69) is 25.8 Å². The molecular weight excluding hydrogens is 266 g/mol. The number of carbonyl (C=O) groups is 1. The van der Waals surface area contributed by atoms with Crippen molar-refractivity contribution in [2.45, 2.75) is 33.1 Å². The minimum Gasteiger partial charge on any atom is -0.506 e. The molecule has 2 rings (SSSR count). The van der Waals surface area contributed by atoms with Crippen LogP contribution in [0.3, 0.4) is 0 Å². The zero-order valence-electron chi connectivity index (χ0n) is 12.6. The van der Waals surface area contributed by atoms with Crippen LogP contribution in [0.15, 0.2) is 30.3 Å². The maximum atomic E-state index is 11.0. The molecule has 0 aliphatic heterocycles. The molecule has 4 nitrogen and oxygen atoms in total. The van der Waals surface area contributed by atoms with Gasteiger partial charge < -0.3 is 10.2 Å². The van der Waals surface area contributed by atoms with Gasteiger partial charge >= 0.3 is 5.97 Å². The van der Waals surface area contributed by atoms with Crippen LogP contribution in [0, 0.1) is 6.92 Å². The summed E-state index contributed by atoms with van der Waals surface area (Å²) in [7, 11) is 0. The van der Waals surface area contributed by atoms with Gasteiger partial charge in [-0.1, -0.05) is 45.0 Å². The van der Waals surface area contributed by atoms with Gasteiger partial charge in [-0.05, 0) is 24.0 Å². The average Bonchev–Trinajstić information content (AvgIpc) is 2.40. The third-order valence-corrected chi connectivity index (χ3v) is 3.45. The van der Waals surface area contributed by atoms with Crippen LogP contribution in [0.5, 0.6) is 5.75 Å². The van der Waals surface area contributed by atoms with Crippen LogP contribution in [0.2, 0.25) is 0 Å². The average molecular weight is 285 g/mol. The molecule has 110 valence electrons. The third kappa shape index (κ3) is 3.05. The summed E-state index contributed by atoms with van der Waals surface area (Å²) in [6.45, 7) is 8.01. The van der Waals surface area contributed by atoms with Crippen molar-refractivity contribution in [1.29, 1.82) is 0 Å². The van der Waals surface area contributed by atoms with Gasteiger partial charge in [-0.2, -0.15) is 0 Å². The molecule has 4 heteroatoms. The summed E-state index contributed by atoms with van der Waals surface area (Å²) in [4.78, 5) is 15.3. The lowest BCUT2D eigenvalue weighted by atomic mass is 9.86. The molecule has 0 saturated carbocycles. The van der Waals surface area contributed by atoms with E-state index >= 15 is 0 Å². The first-order valence-corrected chi connectivity index (χ1v) is 6.75. The second kappa shape index (κ2) is 5.20. The van der Waals surface area contributed by atoms with Crippen molar-refractivity contribution in [2.24, 2.45) is 0 Å². The van der Waals surface area contributed by atoms with Crippen LogP contribution >= 0.6 is 0 Å². The number of carboxylic acid groups (broad SMARTS) is 1. The van der Waals surface area contributed by atoms with Gasteiger partial charge in [0.2, 0.25) is 0 Å². The number of aromatic carboxylic acids is 1. The van der Waals surface area contributed by atoms with Gasteiger partial charge in [0.1, 0.15) is 11.4 Å². The summed E-state index contributed by atoms with van der Waals surface area (Å²) in [6.07, 6.45) is 0. The van der Waals surface area contributed by atoms with E-state index < -0.39 is 5.97 Å². The monoisotopic (exact) mass is 285 g/mol. The predicted octanol–water partition coefficient (Wildman–Crippen LogP) is 3.76. The minimum atomic E-state index is -1.09. The molecule has 0 unspecified atom stereocenters. The Bertz CT molecular complexity index is 682. The molecule has 0 amide bonds. The van der Waals surface area contributed by atoms with Gasteiger partial charge in [0.15, 0.2) is 0 Å². The fourth-order valence-corrected chi connectivity index (χ4v) is 2.15. The summed E-state index contributed by atoms with van der Waals surface area (Å²) in [5.74, 6) is -1.22. The van der Waals surface area contributed by atoms with Gasteiger partial charge in [0, 0.05) is 5.56 Å². The van der Waals surface area contributed by atoms with Crippen LogP contribution in [0.25, 0.3) is 11.3 Å². The second-order valence-corrected chi connectivity index (χ2v) is 6.12. The van der Waals surface area contributed by atoms with E-state index in [-0.39, 0.29) is 16.7 Å². The number of hydrogen-bond acceptors (Lipinski definition) is 3. The lowest BCUT2D eigenvalue weighted by molar-refractivity contribution is 0.0695. The normalized spacial score (nSPS) is 11.4. The maximum absolute atomic E-state index is 11.0. The summed E-state index contributed by atoms with van der Waals surface area (Å²) in [5.41, 5.74) is 2.80. The van der Waals surface area contributed by atoms with E-state index in [0.29, 0.717) is 11.4 Å². The Morgan fingerprint density at radius 1 is 1.14 bits per heavy atom. The molecule has 0 aliphatic rings. The third-order valence-electron chi connectivity index (χ3n) is 3.45. The summed E-state index contributed by atoms with van der Waals surface area (Å²) < 4.78 is 0. The van der Waals surface area contributed by atoms with Crippen molar-refractivity contribution in [1.82, 2.24) is 4.98 Å². The number of nitrogens with zero attached hydrogens (tertiary/aromatic N) is 1. The van der Waals surface area contributed by atoms with E-state index in [1.165, 1.54) is 11.6 Å². The van der Waals surface area contributed by atoms with Crippen LogP contribution in [-0.4, -0.2) is 21.2 Å². The Kier molecular flexibility index (Phi) is 3.73. The van der Waals surface area contributed by atoms with Crippen molar-refractivity contribution >= 4 is 5.97 Å². The summed E-state index contributed by atoms with van der Waals surface area (Å²) in [5, 5.41) is 19.0. The molecule has 0 saturated heterocycles. The smallest absolute Gasteiger partial charge is 0.337 e. The second-order valence-electron chi connectivity index (χ2n) is 6.12. The fraction of sp³-hybridized carbons (Fsp3) is 0.294. The Labute approximate surface area is 124 Å². The van der Waals surface area contributed by atoms with E-state index in [1.54, 1.807) is 6.92 Å². The van der Waals surface area contributed by atoms with Crippen LogP contribution < -0.4 is 0 Å². The highest BCUT2D eigenvalue weighted by atomic mass is 16.4. The molecule has 1 aromatic heterocycles. The number of pyridine rings is 1. The number of aromatic nitrogens is 1. The maximum Gasteiger partial charge on any atom is 0.337 e. The molecule has 2 N–H and O–H groups in total. The van der Waals surface area contributed by atoms with Gasteiger partial charge in [-0.25, -0.2) is 9.78 Å². The first-order chi connectivity index (χ1) is 9.70. The lowest BCUT2D eigenvalue weighted by Gasteiger charge is -2.19. The molecule has 0 spiro atoms. The van der Waals surface area contributed by atoms with Crippen molar-refractivity contribution in [3.63, 3.8) is 0 Å². The predicted molar refractivity (Wildman–Crippen MR) is 81.7 cm³/mol. The van der Waals surface area contributed by atoms with E-state index in [9.17, 15) is 9.90 Å². The molecule has 0 atom stereocenters. The number of benzene rings is 1. The van der Waals surface area contributed by atoms with Crippen LogP contribution in [-0.2, 0) is 5.41 Å². The van der Waals surface area contributed by atoms with Gasteiger partial charge in [-0.15, -0.1) is 0 Å². The van der Waals surface area contributed by atoms with Crippen molar-refractivity contribution in [3.8, 4) is 17.0 Å². The molecular formula is C17H19NO3. The number of aromatic hydroxyl groups is 1. The lowest BCUT2D eigenvalue weighted by Crippen LogP contribution is -2.10. The number of hydrogen-bond donors (Lipinski definition) is 2. The highest BCUT2D eigenvalue weighted by Crippen LogP contribution is 2.31. The Morgan fingerprint density at radius 2 is 1.71 bits per heavy atom. The fourth-order valence-electron chi connectivity index (χ4n) is 2.15. The van der Waals surface area contributed by atoms with Gasteiger partial charge in [0.05, 0.1) is 11.3 Å². The number of aryl methyl sites for hydroxylation is 1. The topological polar surface area (TPSA) is 70.4 Å². The minimum absolute atomic E-state index is 0.0163. The molecule has 0 bridgehead atoms. The Hall–Kier alpha value is -2.36. The van der Waals surface area contributed by atoms with Crippen molar-refractivity contribution in [3.05, 3.63) is 47.2 Å². The van der Waals surface area contributed by atoms with Crippen molar-refractivity contribution in [2.75, 3.05) is 0 Å². The summed E-state index contributed by atoms with van der Waals surface area (Å²) >= 11 is 0. The number of carboxylic acids is 1. The number of rotatable bonds is 2. The van der Waals surface area contributed by atoms with Crippen molar-refractivity contribution < 1.29 is 15.0 Å². The Morgan fingerprint density at radius 3 is 2.19 bits per heavy atom. The molecule has 21 heavy (non-hydrogen) atoms. The van der Waals surface area contributed by atoms with Crippen LogP contribution in [0.1, 0.15) is 42.4 Å². The highest BCUT2D eigenvalue weighted by molar-refractivity contribution is 5.90. The molecule has 1 aromatic carbocycles. The molecule has 0 fully saturated rings. The van der Waals surface area contributed by atoms with Gasteiger partial charge in [-0.3, -0.25) is 0 Å². The SMILES string of the molecule is Cc1nc(-c2ccc(C(C)(C)C)cc2)c(O)cc1C(=O)O. The summed E-state index contributed by atoms with van der Waals surface area (Å²) in [6, 6.07) is 9.02. The quantitative estimate of drug-likeness (QED) is 0.881. The van der Waals surface area contributed by atoms with E-state index in [1.807, 2.05) is 24.3 Å². The first-order valence-electron chi connectivity index (χ1n) is 6.75. The van der Waals surface area contributed by atoms with Crippen LogP contribution in [0.4, 0.5) is 0 Å². The molecule has 2 aromatic rings. The van der Waals surface area contributed by atoms with E-state index in [0.717, 1.165) is 5.56 Å². The van der Waals surface area contributed by atoms with Gasteiger partial charge in [0.25, 0.3) is 0 Å². The largest absolute Gasteiger partial charge is 0.506 e. The standard InChI is InChI=1S/C17H19NO3/c1-10-13(16(20)21)9-14(19)15(18-10)11-5-7-12(8-6-11)17(2,3)4/h5-9,19H,1-4H3,(H,20,21). The molecule has 0 aliphatic carbocycles. The molecule has 0 radical (unpaired) electrons. The van der Waals surface area contributed by atoms with E-state index in [4.69, 9.17) is 5.11 Å². The highest BCUT2D eigenvalue weighted by Gasteiger charge is 2.16.